The number of nitrogens with one attached hydrogen (secondary N) is 1. The number of likely N-dealkylation sites (N-methyl/N-ethyl adjacent to an activating group) is 1. The number of nitrogens with two attached hydrogens (primary N) is 1. The van der Waals surface area contributed by atoms with Gasteiger partial charge in [0.25, 0.3) is 0 Å². The standard InChI is InChI=1S/C16H15FN2/c1-19-16-9-13(11-4-2-3-5-12(11)16)10-6-7-14(17)15(18)8-10/h2-9,16,19H,18H2,1H3. The zero-order valence-electron chi connectivity index (χ0n) is 10.7. The fourth-order valence-electron chi connectivity index (χ4n) is 2.56. The molecule has 2 aromatic carbocycles. The van der Waals surface area contributed by atoms with Crippen LogP contribution in [0.3, 0.4) is 0 Å². The van der Waals surface area contributed by atoms with Crippen molar-refractivity contribution in [2.75, 3.05) is 12.8 Å². The Bertz CT molecular complexity index is 662. The zero-order chi connectivity index (χ0) is 13.4. The third-order valence-corrected chi connectivity index (χ3v) is 3.54. The Balaban J connectivity index is 2.13. The first kappa shape index (κ1) is 11.9. The summed E-state index contributed by atoms with van der Waals surface area (Å²) in [6.07, 6.45) is 2.15. The molecule has 0 heterocycles. The first-order valence-corrected chi connectivity index (χ1v) is 6.24. The molecule has 0 bridgehead atoms. The molecule has 3 N–H and O–H groups in total. The van der Waals surface area contributed by atoms with Crippen LogP contribution in [0.1, 0.15) is 22.7 Å². The molecule has 0 aliphatic heterocycles. The molecule has 0 fully saturated rings. The molecule has 2 nitrogen and oxygen atoms in total. The van der Waals surface area contributed by atoms with Gasteiger partial charge in [0.2, 0.25) is 0 Å². The van der Waals surface area contributed by atoms with Crippen molar-refractivity contribution in [2.45, 2.75) is 6.04 Å². The molecule has 19 heavy (non-hydrogen) atoms. The summed E-state index contributed by atoms with van der Waals surface area (Å²) in [7, 11) is 1.93. The van der Waals surface area contributed by atoms with E-state index in [0.717, 1.165) is 11.1 Å². The molecule has 1 aliphatic rings. The Morgan fingerprint density at radius 1 is 1.16 bits per heavy atom. The van der Waals surface area contributed by atoms with Crippen molar-refractivity contribution in [3.05, 3.63) is 71.0 Å². The van der Waals surface area contributed by atoms with Crippen molar-refractivity contribution in [1.29, 1.82) is 0 Å². The predicted octanol–water partition coefficient (Wildman–Crippen LogP) is 3.11. The van der Waals surface area contributed by atoms with Gasteiger partial charge in [0, 0.05) is 0 Å². The summed E-state index contributed by atoms with van der Waals surface area (Å²) in [5, 5.41) is 3.26. The van der Waals surface area contributed by atoms with Crippen molar-refractivity contribution in [3.63, 3.8) is 0 Å². The lowest BCUT2D eigenvalue weighted by Crippen LogP contribution is -2.11. The lowest BCUT2D eigenvalue weighted by molar-refractivity contribution is 0.632. The molecule has 0 saturated heterocycles. The first-order chi connectivity index (χ1) is 9.20. The van der Waals surface area contributed by atoms with Gasteiger partial charge in [-0.2, -0.15) is 0 Å². The highest BCUT2D eigenvalue weighted by Crippen LogP contribution is 2.38. The Labute approximate surface area is 111 Å². The molecule has 0 amide bonds. The van der Waals surface area contributed by atoms with E-state index in [1.165, 1.54) is 17.2 Å². The maximum Gasteiger partial charge on any atom is 0.146 e. The van der Waals surface area contributed by atoms with Gasteiger partial charge in [-0.3, -0.25) is 0 Å². The Kier molecular flexibility index (Phi) is 2.84. The van der Waals surface area contributed by atoms with Crippen LogP contribution in [0.25, 0.3) is 5.57 Å². The van der Waals surface area contributed by atoms with Crippen LogP contribution in [0.2, 0.25) is 0 Å². The van der Waals surface area contributed by atoms with E-state index in [-0.39, 0.29) is 17.5 Å². The number of halogens is 1. The van der Waals surface area contributed by atoms with Crippen molar-refractivity contribution < 1.29 is 4.39 Å². The minimum absolute atomic E-state index is 0.184. The fraction of sp³-hybridized carbons (Fsp3) is 0.125. The van der Waals surface area contributed by atoms with Crippen molar-refractivity contribution in [3.8, 4) is 0 Å². The Morgan fingerprint density at radius 3 is 2.68 bits per heavy atom. The topological polar surface area (TPSA) is 38.0 Å². The molecular formula is C16H15FN2. The monoisotopic (exact) mass is 254 g/mol. The third-order valence-electron chi connectivity index (χ3n) is 3.54. The molecule has 0 saturated carbocycles. The van der Waals surface area contributed by atoms with Gasteiger partial charge in [-0.25, -0.2) is 4.39 Å². The fourth-order valence-corrected chi connectivity index (χ4v) is 2.56. The highest BCUT2D eigenvalue weighted by Gasteiger charge is 2.22. The second-order valence-electron chi connectivity index (χ2n) is 4.67. The minimum Gasteiger partial charge on any atom is -0.396 e. The number of anilines is 1. The average molecular weight is 254 g/mol. The van der Waals surface area contributed by atoms with Crippen LogP contribution in [0, 0.1) is 5.82 Å². The molecule has 3 rings (SSSR count). The Morgan fingerprint density at radius 2 is 1.95 bits per heavy atom. The van der Waals surface area contributed by atoms with Crippen molar-refractivity contribution >= 4 is 11.3 Å². The van der Waals surface area contributed by atoms with E-state index in [4.69, 9.17) is 5.73 Å². The van der Waals surface area contributed by atoms with E-state index >= 15 is 0 Å². The van der Waals surface area contributed by atoms with Gasteiger partial charge in [0.1, 0.15) is 5.82 Å². The van der Waals surface area contributed by atoms with Crippen LogP contribution in [0.4, 0.5) is 10.1 Å². The summed E-state index contributed by atoms with van der Waals surface area (Å²) in [6, 6.07) is 13.3. The summed E-state index contributed by atoms with van der Waals surface area (Å²) in [6.45, 7) is 0. The molecule has 1 atom stereocenters. The van der Waals surface area contributed by atoms with Crippen LogP contribution in [0.15, 0.2) is 48.5 Å². The van der Waals surface area contributed by atoms with Gasteiger partial charge >= 0.3 is 0 Å². The molecule has 96 valence electrons. The van der Waals surface area contributed by atoms with Crippen LogP contribution in [0.5, 0.6) is 0 Å². The minimum atomic E-state index is -0.374. The third kappa shape index (κ3) is 1.92. The van der Waals surface area contributed by atoms with E-state index in [2.05, 4.69) is 23.5 Å². The number of hydrogen-bond donors (Lipinski definition) is 2. The van der Waals surface area contributed by atoms with Gasteiger partial charge in [-0.1, -0.05) is 36.4 Å². The summed E-state index contributed by atoms with van der Waals surface area (Å²) in [4.78, 5) is 0. The summed E-state index contributed by atoms with van der Waals surface area (Å²) in [5.41, 5.74) is 10.3. The Hall–Kier alpha value is -2.13. The van der Waals surface area contributed by atoms with Crippen LogP contribution in [-0.4, -0.2) is 7.05 Å². The average Bonchev–Trinajstić information content (AvgIpc) is 2.81. The molecule has 1 unspecified atom stereocenters. The highest BCUT2D eigenvalue weighted by atomic mass is 19.1. The smallest absolute Gasteiger partial charge is 0.146 e. The quantitative estimate of drug-likeness (QED) is 0.808. The normalized spacial score (nSPS) is 17.2. The molecule has 3 heteroatoms. The van der Waals surface area contributed by atoms with Gasteiger partial charge in [0.05, 0.1) is 11.7 Å². The van der Waals surface area contributed by atoms with Crippen LogP contribution in [-0.2, 0) is 0 Å². The summed E-state index contributed by atoms with van der Waals surface area (Å²) in [5.74, 6) is -0.374. The predicted molar refractivity (Wildman–Crippen MR) is 76.1 cm³/mol. The van der Waals surface area contributed by atoms with Crippen molar-refractivity contribution in [2.24, 2.45) is 0 Å². The van der Waals surface area contributed by atoms with E-state index in [1.807, 2.05) is 19.2 Å². The molecule has 2 aromatic rings. The highest BCUT2D eigenvalue weighted by molar-refractivity contribution is 5.86. The summed E-state index contributed by atoms with van der Waals surface area (Å²) >= 11 is 0. The maximum atomic E-state index is 13.3. The largest absolute Gasteiger partial charge is 0.396 e. The van der Waals surface area contributed by atoms with Gasteiger partial charge in [-0.15, -0.1) is 0 Å². The lowest BCUT2D eigenvalue weighted by atomic mass is 9.98. The molecule has 0 radical (unpaired) electrons. The van der Waals surface area contributed by atoms with Gasteiger partial charge in [-0.05, 0) is 41.4 Å². The van der Waals surface area contributed by atoms with E-state index in [9.17, 15) is 4.39 Å². The number of rotatable bonds is 2. The number of benzene rings is 2. The van der Waals surface area contributed by atoms with E-state index < -0.39 is 0 Å². The lowest BCUT2D eigenvalue weighted by Gasteiger charge is -2.09. The SMILES string of the molecule is CNC1C=C(c2ccc(F)c(N)c2)c2ccccc21. The van der Waals surface area contributed by atoms with Crippen LogP contribution >= 0.6 is 0 Å². The number of fused-ring (bicyclic) bond motifs is 1. The second kappa shape index (κ2) is 4.52. The molecule has 0 spiro atoms. The maximum absolute atomic E-state index is 13.3. The molecule has 1 aliphatic carbocycles. The number of hydrogen-bond acceptors (Lipinski definition) is 2. The first-order valence-electron chi connectivity index (χ1n) is 6.24. The zero-order valence-corrected chi connectivity index (χ0v) is 10.7. The van der Waals surface area contributed by atoms with Gasteiger partial charge in [0.15, 0.2) is 0 Å². The molecular weight excluding hydrogens is 239 g/mol. The van der Waals surface area contributed by atoms with Gasteiger partial charge < -0.3 is 11.1 Å². The second-order valence-corrected chi connectivity index (χ2v) is 4.67. The van der Waals surface area contributed by atoms with E-state index in [0.29, 0.717) is 0 Å². The number of nitrogen functional groups attached to an aromatic ring is 1. The summed E-state index contributed by atoms with van der Waals surface area (Å²) < 4.78 is 13.3. The van der Waals surface area contributed by atoms with Crippen molar-refractivity contribution in [1.82, 2.24) is 5.32 Å². The van der Waals surface area contributed by atoms with E-state index in [1.54, 1.807) is 12.1 Å². The van der Waals surface area contributed by atoms with Crippen LogP contribution < -0.4 is 11.1 Å². The molecule has 0 aromatic heterocycles.